The van der Waals surface area contributed by atoms with Gasteiger partial charge in [0.25, 0.3) is 5.95 Å². The van der Waals surface area contributed by atoms with Crippen LogP contribution in [0, 0.1) is 0 Å². The Labute approximate surface area is 120 Å². The summed E-state index contributed by atoms with van der Waals surface area (Å²) >= 11 is 0. The van der Waals surface area contributed by atoms with Crippen molar-refractivity contribution in [1.82, 2.24) is 19.9 Å². The third kappa shape index (κ3) is 3.49. The van der Waals surface area contributed by atoms with Crippen LogP contribution in [0.2, 0.25) is 0 Å². The van der Waals surface area contributed by atoms with E-state index in [1.54, 1.807) is 0 Å². The summed E-state index contributed by atoms with van der Waals surface area (Å²) < 4.78 is 5.23. The Morgan fingerprint density at radius 2 is 2.05 bits per heavy atom. The molecule has 112 valence electrons. The molecule has 1 N–H and O–H groups in total. The predicted molar refractivity (Wildman–Crippen MR) is 77.9 cm³/mol. The Morgan fingerprint density at radius 3 is 2.75 bits per heavy atom. The van der Waals surface area contributed by atoms with Crippen LogP contribution >= 0.6 is 0 Å². The minimum Gasteiger partial charge on any atom is -0.352 e. The molecule has 0 bridgehead atoms. The lowest BCUT2D eigenvalue weighted by Crippen LogP contribution is -2.48. The second-order valence-electron chi connectivity index (χ2n) is 6.13. The lowest BCUT2D eigenvalue weighted by molar-refractivity contribution is 0.116. The molecule has 1 aromatic rings. The van der Waals surface area contributed by atoms with Crippen molar-refractivity contribution >= 4 is 5.95 Å². The van der Waals surface area contributed by atoms with Crippen molar-refractivity contribution in [3.05, 3.63) is 5.89 Å². The Morgan fingerprint density at radius 1 is 1.30 bits per heavy atom. The molecule has 1 saturated heterocycles. The van der Waals surface area contributed by atoms with Crippen LogP contribution in [0.4, 0.5) is 5.95 Å². The topological polar surface area (TPSA) is 57.4 Å². The molecule has 2 heterocycles. The lowest BCUT2D eigenvalue weighted by Gasteiger charge is -2.36. The summed E-state index contributed by atoms with van der Waals surface area (Å²) in [5, 5.41) is 7.25. The van der Waals surface area contributed by atoms with Gasteiger partial charge in [-0.2, -0.15) is 4.98 Å². The van der Waals surface area contributed by atoms with Crippen molar-refractivity contribution in [2.45, 2.75) is 38.1 Å². The molecule has 20 heavy (non-hydrogen) atoms. The summed E-state index contributed by atoms with van der Waals surface area (Å²) in [7, 11) is 2.19. The van der Waals surface area contributed by atoms with Crippen LogP contribution in [-0.4, -0.2) is 65.8 Å². The molecule has 3 rings (SSSR count). The van der Waals surface area contributed by atoms with Gasteiger partial charge < -0.3 is 14.7 Å². The number of hydrogen-bond acceptors (Lipinski definition) is 6. The Balaban J connectivity index is 1.37. The molecule has 1 atom stereocenters. The smallest absolute Gasteiger partial charge is 0.263 e. The number of anilines is 1. The summed E-state index contributed by atoms with van der Waals surface area (Å²) in [6, 6.07) is 0.603. The SMILES string of the molecule is C[C@H](CCNc1noc(C2CC2)n1)N1CCN(C)CC1. The van der Waals surface area contributed by atoms with Crippen molar-refractivity contribution < 1.29 is 4.52 Å². The van der Waals surface area contributed by atoms with Gasteiger partial charge in [-0.3, -0.25) is 4.90 Å². The zero-order valence-electron chi connectivity index (χ0n) is 12.5. The number of aromatic nitrogens is 2. The van der Waals surface area contributed by atoms with E-state index in [1.807, 2.05) is 0 Å². The maximum atomic E-state index is 5.23. The fourth-order valence-electron chi connectivity index (χ4n) is 2.64. The predicted octanol–water partition coefficient (Wildman–Crippen LogP) is 1.38. The summed E-state index contributed by atoms with van der Waals surface area (Å²) in [6.07, 6.45) is 3.50. The van der Waals surface area contributed by atoms with E-state index in [0.29, 0.717) is 17.9 Å². The van der Waals surface area contributed by atoms with Crippen molar-refractivity contribution in [2.24, 2.45) is 0 Å². The monoisotopic (exact) mass is 279 g/mol. The van der Waals surface area contributed by atoms with Crippen LogP contribution in [0.1, 0.15) is 38.0 Å². The zero-order chi connectivity index (χ0) is 13.9. The van der Waals surface area contributed by atoms with Crippen LogP contribution < -0.4 is 5.32 Å². The largest absolute Gasteiger partial charge is 0.352 e. The van der Waals surface area contributed by atoms with Gasteiger partial charge in [0, 0.05) is 44.7 Å². The van der Waals surface area contributed by atoms with E-state index in [0.717, 1.165) is 18.9 Å². The Bertz CT molecular complexity index is 423. The average Bonchev–Trinajstić information content (AvgIpc) is 3.20. The molecule has 0 radical (unpaired) electrons. The van der Waals surface area contributed by atoms with Crippen LogP contribution in [0.15, 0.2) is 4.52 Å². The van der Waals surface area contributed by atoms with Crippen molar-refractivity contribution in [3.8, 4) is 0 Å². The first-order chi connectivity index (χ1) is 9.72. The molecule has 6 nitrogen and oxygen atoms in total. The minimum absolute atomic E-state index is 0.530. The molecule has 2 fully saturated rings. The Kier molecular flexibility index (Phi) is 4.21. The molecule has 0 amide bonds. The van der Waals surface area contributed by atoms with E-state index in [2.05, 4.69) is 39.2 Å². The molecule has 1 aliphatic carbocycles. The van der Waals surface area contributed by atoms with Crippen LogP contribution in [0.3, 0.4) is 0 Å². The number of piperazine rings is 1. The summed E-state index contributed by atoms with van der Waals surface area (Å²) in [6.45, 7) is 7.90. The van der Waals surface area contributed by atoms with Crippen LogP contribution in [-0.2, 0) is 0 Å². The van der Waals surface area contributed by atoms with Gasteiger partial charge in [0.1, 0.15) is 0 Å². The van der Waals surface area contributed by atoms with Gasteiger partial charge in [0.05, 0.1) is 0 Å². The maximum absolute atomic E-state index is 5.23. The average molecular weight is 279 g/mol. The number of likely N-dealkylation sites (N-methyl/N-ethyl adjacent to an activating group) is 1. The second-order valence-corrected chi connectivity index (χ2v) is 6.13. The highest BCUT2D eigenvalue weighted by atomic mass is 16.5. The van der Waals surface area contributed by atoms with Crippen LogP contribution in [0.5, 0.6) is 0 Å². The number of rotatable bonds is 6. The van der Waals surface area contributed by atoms with Gasteiger partial charge >= 0.3 is 0 Å². The first-order valence-electron chi connectivity index (χ1n) is 7.72. The molecule has 0 spiro atoms. The van der Waals surface area contributed by atoms with Crippen LogP contribution in [0.25, 0.3) is 0 Å². The van der Waals surface area contributed by atoms with E-state index in [4.69, 9.17) is 4.52 Å². The first kappa shape index (κ1) is 13.8. The van der Waals surface area contributed by atoms with Gasteiger partial charge in [-0.25, -0.2) is 0 Å². The zero-order valence-corrected chi connectivity index (χ0v) is 12.5. The van der Waals surface area contributed by atoms with Gasteiger partial charge in [0.2, 0.25) is 5.89 Å². The van der Waals surface area contributed by atoms with Crippen molar-refractivity contribution in [3.63, 3.8) is 0 Å². The standard InChI is InChI=1S/C14H25N5O/c1-11(19-9-7-18(2)8-10-19)5-6-15-14-16-13(20-17-14)12-3-4-12/h11-12H,3-10H2,1-2H3,(H,15,17)/t11-/m1/s1. The molecular formula is C14H25N5O. The highest BCUT2D eigenvalue weighted by Gasteiger charge is 2.29. The number of nitrogens with zero attached hydrogens (tertiary/aromatic N) is 4. The van der Waals surface area contributed by atoms with E-state index >= 15 is 0 Å². The molecule has 1 saturated carbocycles. The quantitative estimate of drug-likeness (QED) is 0.849. The summed E-state index contributed by atoms with van der Waals surface area (Å²) in [5.74, 6) is 1.99. The summed E-state index contributed by atoms with van der Waals surface area (Å²) in [4.78, 5) is 9.33. The number of nitrogens with one attached hydrogen (secondary N) is 1. The first-order valence-corrected chi connectivity index (χ1v) is 7.72. The molecule has 6 heteroatoms. The molecule has 0 unspecified atom stereocenters. The molecular weight excluding hydrogens is 254 g/mol. The fourth-order valence-corrected chi connectivity index (χ4v) is 2.64. The van der Waals surface area contributed by atoms with E-state index in [9.17, 15) is 0 Å². The van der Waals surface area contributed by atoms with Gasteiger partial charge in [0.15, 0.2) is 0 Å². The summed E-state index contributed by atoms with van der Waals surface area (Å²) in [5.41, 5.74) is 0. The second kappa shape index (κ2) is 6.10. The minimum atomic E-state index is 0.530. The van der Waals surface area contributed by atoms with Crippen molar-refractivity contribution in [1.29, 1.82) is 0 Å². The molecule has 2 aliphatic rings. The van der Waals surface area contributed by atoms with Gasteiger partial charge in [-0.1, -0.05) is 0 Å². The Hall–Kier alpha value is -1.14. The highest BCUT2D eigenvalue weighted by Crippen LogP contribution is 2.39. The normalized spacial score (nSPS) is 22.9. The van der Waals surface area contributed by atoms with Crippen molar-refractivity contribution in [2.75, 3.05) is 45.1 Å². The lowest BCUT2D eigenvalue weighted by atomic mass is 10.1. The van der Waals surface area contributed by atoms with E-state index < -0.39 is 0 Å². The fraction of sp³-hybridized carbons (Fsp3) is 0.857. The van der Waals surface area contributed by atoms with E-state index in [-0.39, 0.29) is 0 Å². The molecule has 1 aliphatic heterocycles. The molecule has 0 aromatic carbocycles. The van der Waals surface area contributed by atoms with Gasteiger partial charge in [-0.05, 0) is 38.4 Å². The third-order valence-corrected chi connectivity index (χ3v) is 4.37. The molecule has 1 aromatic heterocycles. The highest BCUT2D eigenvalue weighted by molar-refractivity contribution is 5.22. The number of hydrogen-bond donors (Lipinski definition) is 1. The maximum Gasteiger partial charge on any atom is 0.263 e. The van der Waals surface area contributed by atoms with Gasteiger partial charge in [-0.15, -0.1) is 0 Å². The third-order valence-electron chi connectivity index (χ3n) is 4.37. The van der Waals surface area contributed by atoms with E-state index in [1.165, 1.54) is 39.0 Å².